The maximum Gasteiger partial charge on any atom is 0.453 e. The number of carbonyl (C=O) groups is 1. The Bertz CT molecular complexity index is 465. The summed E-state index contributed by atoms with van der Waals surface area (Å²) in [5.74, 6) is 3.50. The molecule has 1 rings (SSSR count). The molecular weight excluding hydrogens is 283 g/mol. The van der Waals surface area contributed by atoms with Gasteiger partial charge in [-0.1, -0.05) is 11.8 Å². The first-order chi connectivity index (χ1) is 8.50. The van der Waals surface area contributed by atoms with Gasteiger partial charge in [0.1, 0.15) is 0 Å². The highest BCUT2D eigenvalue weighted by molar-refractivity contribution is 7.99. The minimum Gasteiger partial charge on any atom is -0.351 e. The Hall–Kier alpha value is -1.45. The summed E-state index contributed by atoms with van der Waals surface area (Å²) >= 11 is 0.785. The molecule has 1 aromatic rings. The van der Waals surface area contributed by atoms with Crippen molar-refractivity contribution in [2.45, 2.75) is 37.6 Å². The van der Waals surface area contributed by atoms with Crippen molar-refractivity contribution in [3.05, 3.63) is 5.82 Å². The zero-order valence-electron chi connectivity index (χ0n) is 10.6. The van der Waals surface area contributed by atoms with E-state index in [0.29, 0.717) is 4.68 Å². The van der Waals surface area contributed by atoms with Gasteiger partial charge in [-0.3, -0.25) is 4.79 Å². The maximum absolute atomic E-state index is 12.4. The molecule has 0 aromatic carbocycles. The number of nitrogen functional groups attached to an aromatic ring is 1. The summed E-state index contributed by atoms with van der Waals surface area (Å²) in [4.78, 5) is 11.5. The summed E-state index contributed by atoms with van der Waals surface area (Å²) in [5.41, 5.74) is -0.412. The second-order valence-electron chi connectivity index (χ2n) is 4.76. The van der Waals surface area contributed by atoms with Crippen molar-refractivity contribution >= 4 is 17.7 Å². The van der Waals surface area contributed by atoms with Crippen molar-refractivity contribution in [1.82, 2.24) is 20.2 Å². The van der Waals surface area contributed by atoms with E-state index in [-0.39, 0.29) is 16.8 Å². The molecule has 108 valence electrons. The van der Waals surface area contributed by atoms with Crippen LogP contribution in [0.25, 0.3) is 0 Å². The number of amides is 1. The fraction of sp³-hybridized carbons (Fsp3) is 0.667. The summed E-state index contributed by atoms with van der Waals surface area (Å²) in [6, 6.07) is 0. The summed E-state index contributed by atoms with van der Waals surface area (Å²) in [5, 5.41) is 8.75. The number of nitrogens with one attached hydrogen (secondary N) is 1. The standard InChI is InChI=1S/C9H14F3N5OS/c1-8(2,3)14-5(18)4-19-7-16-15-6(17(7)13)9(10,11)12/h4,13H2,1-3H3,(H,14,18). The molecule has 1 heterocycles. The third-order valence-electron chi connectivity index (χ3n) is 1.76. The zero-order valence-corrected chi connectivity index (χ0v) is 11.4. The van der Waals surface area contributed by atoms with E-state index in [1.54, 1.807) is 20.8 Å². The van der Waals surface area contributed by atoms with Crippen LogP contribution in [0, 0.1) is 0 Å². The van der Waals surface area contributed by atoms with Gasteiger partial charge in [0.15, 0.2) is 0 Å². The second kappa shape index (κ2) is 5.27. The Labute approximate surface area is 111 Å². The normalized spacial score (nSPS) is 12.5. The monoisotopic (exact) mass is 297 g/mol. The van der Waals surface area contributed by atoms with Crippen molar-refractivity contribution in [3.8, 4) is 0 Å². The fourth-order valence-corrected chi connectivity index (χ4v) is 1.81. The Balaban J connectivity index is 2.65. The van der Waals surface area contributed by atoms with E-state index in [9.17, 15) is 18.0 Å². The van der Waals surface area contributed by atoms with Crippen molar-refractivity contribution in [3.63, 3.8) is 0 Å². The summed E-state index contributed by atoms with van der Waals surface area (Å²) in [6.07, 6.45) is -4.67. The lowest BCUT2D eigenvalue weighted by Crippen LogP contribution is -2.41. The smallest absolute Gasteiger partial charge is 0.351 e. The molecule has 0 aliphatic heterocycles. The van der Waals surface area contributed by atoms with Gasteiger partial charge in [-0.2, -0.15) is 13.2 Å². The van der Waals surface area contributed by atoms with Gasteiger partial charge in [-0.25, -0.2) is 4.68 Å². The lowest BCUT2D eigenvalue weighted by Gasteiger charge is -2.20. The summed E-state index contributed by atoms with van der Waals surface area (Å²) in [6.45, 7) is 5.38. The molecule has 0 aliphatic carbocycles. The van der Waals surface area contributed by atoms with Crippen LogP contribution in [0.3, 0.4) is 0 Å². The molecule has 6 nitrogen and oxygen atoms in total. The Morgan fingerprint density at radius 3 is 2.37 bits per heavy atom. The highest BCUT2D eigenvalue weighted by Gasteiger charge is 2.38. The van der Waals surface area contributed by atoms with Crippen LogP contribution in [-0.2, 0) is 11.0 Å². The Morgan fingerprint density at radius 1 is 1.37 bits per heavy atom. The molecular formula is C9H14F3N5OS. The largest absolute Gasteiger partial charge is 0.453 e. The van der Waals surface area contributed by atoms with E-state index in [1.807, 2.05) is 0 Å². The number of hydrogen-bond acceptors (Lipinski definition) is 5. The molecule has 10 heteroatoms. The molecule has 0 saturated heterocycles. The van der Waals surface area contributed by atoms with E-state index in [1.165, 1.54) is 0 Å². The quantitative estimate of drug-likeness (QED) is 0.642. The summed E-state index contributed by atoms with van der Waals surface area (Å²) in [7, 11) is 0. The van der Waals surface area contributed by atoms with Gasteiger partial charge in [0.2, 0.25) is 11.1 Å². The number of carbonyl (C=O) groups excluding carboxylic acids is 1. The van der Waals surface area contributed by atoms with Crippen LogP contribution >= 0.6 is 11.8 Å². The zero-order chi connectivity index (χ0) is 14.8. The molecule has 0 spiro atoms. The molecule has 0 atom stereocenters. The van der Waals surface area contributed by atoms with Crippen LogP contribution in [-0.4, -0.2) is 32.1 Å². The van der Waals surface area contributed by atoms with E-state index in [4.69, 9.17) is 5.84 Å². The average Bonchev–Trinajstić information content (AvgIpc) is 2.53. The van der Waals surface area contributed by atoms with Gasteiger partial charge >= 0.3 is 6.18 Å². The number of rotatable bonds is 3. The number of alkyl halides is 3. The van der Waals surface area contributed by atoms with Crippen molar-refractivity contribution in [1.29, 1.82) is 0 Å². The molecule has 0 aliphatic rings. The molecule has 1 amide bonds. The molecule has 1 aromatic heterocycles. The van der Waals surface area contributed by atoms with E-state index < -0.39 is 17.5 Å². The highest BCUT2D eigenvalue weighted by Crippen LogP contribution is 2.28. The third-order valence-corrected chi connectivity index (χ3v) is 2.71. The third kappa shape index (κ3) is 4.62. The molecule has 0 fully saturated rings. The molecule has 0 unspecified atom stereocenters. The average molecular weight is 297 g/mol. The first-order valence-corrected chi connectivity index (χ1v) is 6.21. The molecule has 19 heavy (non-hydrogen) atoms. The second-order valence-corrected chi connectivity index (χ2v) is 5.70. The minimum absolute atomic E-state index is 0.0928. The number of halogens is 3. The van der Waals surface area contributed by atoms with Crippen LogP contribution in [0.2, 0.25) is 0 Å². The molecule has 0 saturated carbocycles. The van der Waals surface area contributed by atoms with Crippen LogP contribution in [0.15, 0.2) is 5.16 Å². The summed E-state index contributed by atoms with van der Waals surface area (Å²) < 4.78 is 37.5. The van der Waals surface area contributed by atoms with Gasteiger partial charge < -0.3 is 11.2 Å². The lowest BCUT2D eigenvalue weighted by atomic mass is 10.1. The predicted molar refractivity (Wildman–Crippen MR) is 63.8 cm³/mol. The number of thioether (sulfide) groups is 1. The van der Waals surface area contributed by atoms with Crippen LogP contribution in [0.1, 0.15) is 26.6 Å². The van der Waals surface area contributed by atoms with E-state index >= 15 is 0 Å². The topological polar surface area (TPSA) is 85.8 Å². The number of aromatic nitrogens is 3. The van der Waals surface area contributed by atoms with Gasteiger partial charge in [0.05, 0.1) is 5.75 Å². The van der Waals surface area contributed by atoms with Crippen molar-refractivity contribution in [2.75, 3.05) is 11.6 Å². The van der Waals surface area contributed by atoms with Crippen LogP contribution in [0.5, 0.6) is 0 Å². The van der Waals surface area contributed by atoms with Crippen LogP contribution < -0.4 is 11.2 Å². The number of nitrogens with zero attached hydrogens (tertiary/aromatic N) is 3. The van der Waals surface area contributed by atoms with E-state index in [0.717, 1.165) is 11.8 Å². The molecule has 0 radical (unpaired) electrons. The molecule has 0 bridgehead atoms. The predicted octanol–water partition coefficient (Wildman–Crippen LogP) is 1.02. The Kier molecular flexibility index (Phi) is 4.33. The van der Waals surface area contributed by atoms with Gasteiger partial charge in [0.25, 0.3) is 5.82 Å². The minimum atomic E-state index is -4.67. The SMILES string of the molecule is CC(C)(C)NC(=O)CSc1nnc(C(F)(F)F)n1N. The van der Waals surface area contributed by atoms with Gasteiger partial charge in [-0.15, -0.1) is 10.2 Å². The maximum atomic E-state index is 12.4. The van der Waals surface area contributed by atoms with Crippen LogP contribution in [0.4, 0.5) is 13.2 Å². The van der Waals surface area contributed by atoms with Gasteiger partial charge in [-0.05, 0) is 20.8 Å². The van der Waals surface area contributed by atoms with E-state index in [2.05, 4.69) is 15.5 Å². The lowest BCUT2D eigenvalue weighted by molar-refractivity contribution is -0.146. The fourth-order valence-electron chi connectivity index (χ4n) is 1.15. The Morgan fingerprint density at radius 2 is 1.95 bits per heavy atom. The number of nitrogens with two attached hydrogens (primary N) is 1. The first kappa shape index (κ1) is 15.6. The van der Waals surface area contributed by atoms with Gasteiger partial charge in [0, 0.05) is 5.54 Å². The first-order valence-electron chi connectivity index (χ1n) is 5.22. The van der Waals surface area contributed by atoms with Crippen molar-refractivity contribution < 1.29 is 18.0 Å². The van der Waals surface area contributed by atoms with Crippen molar-refractivity contribution in [2.24, 2.45) is 0 Å². The highest BCUT2D eigenvalue weighted by atomic mass is 32.2. The molecule has 3 N–H and O–H groups in total. The number of hydrogen-bond donors (Lipinski definition) is 2.